The number of amides is 1. The van der Waals surface area contributed by atoms with Gasteiger partial charge in [0.1, 0.15) is 5.15 Å². The Balaban J connectivity index is 2.23. The van der Waals surface area contributed by atoms with Gasteiger partial charge in [-0.25, -0.2) is 4.98 Å². The van der Waals surface area contributed by atoms with E-state index in [2.05, 4.69) is 47.2 Å². The second-order valence-corrected chi connectivity index (χ2v) is 6.90. The van der Waals surface area contributed by atoms with Gasteiger partial charge in [-0.1, -0.05) is 30.7 Å². The highest BCUT2D eigenvalue weighted by Crippen LogP contribution is 2.25. The van der Waals surface area contributed by atoms with Crippen molar-refractivity contribution in [3.63, 3.8) is 0 Å². The molecule has 24 heavy (non-hydrogen) atoms. The molecule has 4 nitrogen and oxygen atoms in total. The second kappa shape index (κ2) is 7.95. The van der Waals surface area contributed by atoms with E-state index in [0.29, 0.717) is 18.2 Å². The lowest BCUT2D eigenvalue weighted by Gasteiger charge is -2.21. The maximum atomic E-state index is 12.0. The second-order valence-electron chi connectivity index (χ2n) is 6.54. The highest BCUT2D eigenvalue weighted by Gasteiger charge is 2.14. The number of carbonyl (C=O) groups excluding carboxylic acids is 1. The van der Waals surface area contributed by atoms with Crippen molar-refractivity contribution in [1.82, 2.24) is 15.2 Å². The van der Waals surface area contributed by atoms with E-state index in [-0.39, 0.29) is 11.9 Å². The fraction of sp³-hybridized carbons (Fsp3) is 0.474. The Hall–Kier alpha value is -1.65. The predicted octanol–water partition coefficient (Wildman–Crippen LogP) is 3.85. The van der Waals surface area contributed by atoms with Crippen molar-refractivity contribution in [2.75, 3.05) is 13.1 Å². The Labute approximate surface area is 149 Å². The van der Waals surface area contributed by atoms with Crippen LogP contribution < -0.4 is 5.32 Å². The fourth-order valence-electron chi connectivity index (χ4n) is 2.71. The van der Waals surface area contributed by atoms with Crippen molar-refractivity contribution in [1.29, 1.82) is 0 Å². The Morgan fingerprint density at radius 2 is 2.04 bits per heavy atom. The molecule has 2 aromatic rings. The van der Waals surface area contributed by atoms with Crippen LogP contribution in [0.4, 0.5) is 0 Å². The quantitative estimate of drug-likeness (QED) is 0.807. The number of aromatic nitrogens is 1. The molecule has 0 aliphatic heterocycles. The molecule has 0 fully saturated rings. The molecule has 0 saturated heterocycles. The van der Waals surface area contributed by atoms with Crippen LogP contribution in [0.2, 0.25) is 5.15 Å². The molecule has 0 spiro atoms. The molecule has 0 aliphatic rings. The molecule has 1 aromatic carbocycles. The molecule has 2 rings (SSSR count). The van der Waals surface area contributed by atoms with E-state index in [4.69, 9.17) is 11.6 Å². The molecule has 1 N–H and O–H groups in total. The first kappa shape index (κ1) is 18.7. The summed E-state index contributed by atoms with van der Waals surface area (Å²) in [7, 11) is 0. The summed E-state index contributed by atoms with van der Waals surface area (Å²) in [6, 6.07) is 6.41. The van der Waals surface area contributed by atoms with Crippen LogP contribution in [0.25, 0.3) is 10.9 Å². The third-order valence-electron chi connectivity index (χ3n) is 4.20. The number of likely N-dealkylation sites (N-methyl/N-ethyl adjacent to an activating group) is 1. The Bertz CT molecular complexity index is 743. The van der Waals surface area contributed by atoms with Gasteiger partial charge in [-0.2, -0.15) is 0 Å². The average Bonchev–Trinajstić information content (AvgIpc) is 2.51. The van der Waals surface area contributed by atoms with Gasteiger partial charge in [0.05, 0.1) is 12.1 Å². The number of hydrogen-bond donors (Lipinski definition) is 1. The van der Waals surface area contributed by atoms with Crippen LogP contribution in [-0.4, -0.2) is 34.9 Å². The molecular formula is C19H26ClN3O. The third-order valence-corrected chi connectivity index (χ3v) is 4.52. The van der Waals surface area contributed by atoms with Crippen LogP contribution in [0.15, 0.2) is 18.2 Å². The average molecular weight is 348 g/mol. The molecule has 1 aromatic heterocycles. The van der Waals surface area contributed by atoms with Gasteiger partial charge in [-0.3, -0.25) is 9.69 Å². The van der Waals surface area contributed by atoms with Gasteiger partial charge in [-0.05, 0) is 51.4 Å². The fourth-order valence-corrected chi connectivity index (χ4v) is 2.90. The maximum absolute atomic E-state index is 12.0. The first-order valence-corrected chi connectivity index (χ1v) is 8.76. The summed E-state index contributed by atoms with van der Waals surface area (Å²) in [5.41, 5.74) is 4.26. The Morgan fingerprint density at radius 1 is 1.33 bits per heavy atom. The van der Waals surface area contributed by atoms with Crippen molar-refractivity contribution in [3.8, 4) is 0 Å². The molecule has 130 valence electrons. The maximum Gasteiger partial charge on any atom is 0.234 e. The van der Waals surface area contributed by atoms with Crippen molar-refractivity contribution in [2.24, 2.45) is 0 Å². The molecule has 0 aliphatic carbocycles. The van der Waals surface area contributed by atoms with Crippen molar-refractivity contribution in [2.45, 2.75) is 47.2 Å². The number of pyridine rings is 1. The van der Waals surface area contributed by atoms with Gasteiger partial charge < -0.3 is 5.32 Å². The number of fused-ring (bicyclic) bond motifs is 1. The minimum absolute atomic E-state index is 0.0307. The van der Waals surface area contributed by atoms with Gasteiger partial charge in [0.2, 0.25) is 5.91 Å². The number of halogens is 1. The van der Waals surface area contributed by atoms with Crippen LogP contribution in [0.5, 0.6) is 0 Å². The number of benzene rings is 1. The summed E-state index contributed by atoms with van der Waals surface area (Å²) >= 11 is 6.41. The van der Waals surface area contributed by atoms with E-state index in [9.17, 15) is 4.79 Å². The van der Waals surface area contributed by atoms with Crippen LogP contribution >= 0.6 is 11.6 Å². The number of hydrogen-bond acceptors (Lipinski definition) is 3. The van der Waals surface area contributed by atoms with E-state index in [1.54, 1.807) is 0 Å². The molecular weight excluding hydrogens is 322 g/mol. The standard InChI is InChI=1S/C19H26ClN3O/c1-6-23(11-17(24)21-12(2)3)10-16-9-15-8-7-13(4)14(5)18(15)22-19(16)20/h7-9,12H,6,10-11H2,1-5H3,(H,21,24). The lowest BCUT2D eigenvalue weighted by molar-refractivity contribution is -0.122. The highest BCUT2D eigenvalue weighted by atomic mass is 35.5. The summed E-state index contributed by atoms with van der Waals surface area (Å²) in [4.78, 5) is 18.6. The van der Waals surface area contributed by atoms with E-state index < -0.39 is 0 Å². The number of aryl methyl sites for hydroxylation is 2. The number of rotatable bonds is 6. The zero-order valence-electron chi connectivity index (χ0n) is 15.1. The zero-order chi connectivity index (χ0) is 17.9. The van der Waals surface area contributed by atoms with Crippen LogP contribution in [0, 0.1) is 13.8 Å². The van der Waals surface area contributed by atoms with Gasteiger partial charge in [-0.15, -0.1) is 0 Å². The number of nitrogens with one attached hydrogen (secondary N) is 1. The van der Waals surface area contributed by atoms with Crippen LogP contribution in [0.1, 0.15) is 37.5 Å². The SMILES string of the molecule is CCN(CC(=O)NC(C)C)Cc1cc2ccc(C)c(C)c2nc1Cl. The topological polar surface area (TPSA) is 45.2 Å². The van der Waals surface area contributed by atoms with Gasteiger partial charge >= 0.3 is 0 Å². The van der Waals surface area contributed by atoms with Gasteiger partial charge in [0.15, 0.2) is 0 Å². The smallest absolute Gasteiger partial charge is 0.234 e. The minimum atomic E-state index is 0.0307. The zero-order valence-corrected chi connectivity index (χ0v) is 15.9. The largest absolute Gasteiger partial charge is 0.353 e. The molecule has 0 unspecified atom stereocenters. The first-order chi connectivity index (χ1) is 11.3. The van der Waals surface area contributed by atoms with Crippen molar-refractivity contribution < 1.29 is 4.79 Å². The first-order valence-electron chi connectivity index (χ1n) is 8.38. The molecule has 0 radical (unpaired) electrons. The van der Waals surface area contributed by atoms with Crippen LogP contribution in [0.3, 0.4) is 0 Å². The minimum Gasteiger partial charge on any atom is -0.353 e. The van der Waals surface area contributed by atoms with E-state index in [0.717, 1.165) is 28.6 Å². The molecule has 1 amide bonds. The van der Waals surface area contributed by atoms with Crippen LogP contribution in [-0.2, 0) is 11.3 Å². The van der Waals surface area contributed by atoms with Gasteiger partial charge in [0.25, 0.3) is 0 Å². The Kier molecular flexibility index (Phi) is 6.19. The number of nitrogens with zero attached hydrogens (tertiary/aromatic N) is 2. The third kappa shape index (κ3) is 4.46. The molecule has 5 heteroatoms. The molecule has 0 atom stereocenters. The monoisotopic (exact) mass is 347 g/mol. The van der Waals surface area contributed by atoms with E-state index in [1.807, 2.05) is 20.8 Å². The lowest BCUT2D eigenvalue weighted by Crippen LogP contribution is -2.39. The molecule has 0 bridgehead atoms. The lowest BCUT2D eigenvalue weighted by atomic mass is 10.0. The summed E-state index contributed by atoms with van der Waals surface area (Å²) < 4.78 is 0. The van der Waals surface area contributed by atoms with E-state index >= 15 is 0 Å². The Morgan fingerprint density at radius 3 is 2.67 bits per heavy atom. The molecule has 0 saturated carbocycles. The van der Waals surface area contributed by atoms with Crippen molar-refractivity contribution >= 4 is 28.4 Å². The molecule has 1 heterocycles. The predicted molar refractivity (Wildman–Crippen MR) is 100 cm³/mol. The number of carbonyl (C=O) groups is 1. The van der Waals surface area contributed by atoms with E-state index in [1.165, 1.54) is 5.56 Å². The summed E-state index contributed by atoms with van der Waals surface area (Å²) in [6.45, 7) is 11.8. The summed E-state index contributed by atoms with van der Waals surface area (Å²) in [5.74, 6) is 0.0307. The summed E-state index contributed by atoms with van der Waals surface area (Å²) in [5, 5.41) is 4.52. The summed E-state index contributed by atoms with van der Waals surface area (Å²) in [6.07, 6.45) is 0. The van der Waals surface area contributed by atoms with Gasteiger partial charge in [0, 0.05) is 23.5 Å². The normalized spacial score (nSPS) is 11.5. The highest BCUT2D eigenvalue weighted by molar-refractivity contribution is 6.30. The van der Waals surface area contributed by atoms with Crippen molar-refractivity contribution in [3.05, 3.63) is 40.0 Å².